The van der Waals surface area contributed by atoms with E-state index in [9.17, 15) is 4.79 Å². The highest BCUT2D eigenvalue weighted by molar-refractivity contribution is 5.93. The maximum atomic E-state index is 12.6. The first-order valence-corrected chi connectivity index (χ1v) is 12.4. The molecule has 2 amide bonds. The van der Waals surface area contributed by atoms with Crippen LogP contribution in [0.2, 0.25) is 0 Å². The van der Waals surface area contributed by atoms with Gasteiger partial charge in [-0.15, -0.1) is 0 Å². The lowest BCUT2D eigenvalue weighted by atomic mass is 9.91. The Labute approximate surface area is 206 Å². The maximum absolute atomic E-state index is 12.6. The van der Waals surface area contributed by atoms with Crippen molar-refractivity contribution in [3.8, 4) is 11.5 Å². The molecule has 5 rings (SSSR count). The molecule has 2 aromatic carbocycles. The highest BCUT2D eigenvalue weighted by Crippen LogP contribution is 2.32. The summed E-state index contributed by atoms with van der Waals surface area (Å²) in [6.07, 6.45) is 4.63. The molecule has 0 bridgehead atoms. The van der Waals surface area contributed by atoms with Crippen molar-refractivity contribution in [3.63, 3.8) is 0 Å². The molecule has 0 radical (unpaired) electrons. The van der Waals surface area contributed by atoms with E-state index in [1.54, 1.807) is 0 Å². The van der Waals surface area contributed by atoms with Gasteiger partial charge in [0, 0.05) is 61.5 Å². The Kier molecular flexibility index (Phi) is 6.79. The van der Waals surface area contributed by atoms with Gasteiger partial charge >= 0.3 is 6.03 Å². The van der Waals surface area contributed by atoms with Gasteiger partial charge in [0.2, 0.25) is 0 Å². The lowest BCUT2D eigenvalue weighted by molar-refractivity contribution is 0.243. The third-order valence-electron chi connectivity index (χ3n) is 6.60. The van der Waals surface area contributed by atoms with E-state index in [-0.39, 0.29) is 12.1 Å². The van der Waals surface area contributed by atoms with Crippen molar-refractivity contribution >= 4 is 34.1 Å². The fourth-order valence-electron chi connectivity index (χ4n) is 4.79. The first kappa shape index (κ1) is 23.1. The number of pyridine rings is 1. The van der Waals surface area contributed by atoms with Gasteiger partial charge in [-0.1, -0.05) is 18.2 Å². The molecule has 35 heavy (non-hydrogen) atoms. The maximum Gasteiger partial charge on any atom is 0.319 e. The average molecular weight is 476 g/mol. The Balaban J connectivity index is 1.14. The molecule has 1 aliphatic heterocycles. The SMILES string of the molecule is CN(C)c1cc(N[C@H]2CC[C@@H](NC(=O)Nc3ccc4c(c3)OCCCO4)CC2)nc2ccccc12. The van der Waals surface area contributed by atoms with Crippen LogP contribution in [-0.2, 0) is 0 Å². The predicted molar refractivity (Wildman–Crippen MR) is 140 cm³/mol. The van der Waals surface area contributed by atoms with Crippen molar-refractivity contribution in [3.05, 3.63) is 48.5 Å². The topological polar surface area (TPSA) is 87.8 Å². The summed E-state index contributed by atoms with van der Waals surface area (Å²) in [6, 6.07) is 16.1. The quantitative estimate of drug-likeness (QED) is 0.481. The molecule has 2 aliphatic rings. The van der Waals surface area contributed by atoms with Crippen LogP contribution in [0.5, 0.6) is 11.5 Å². The summed E-state index contributed by atoms with van der Waals surface area (Å²) in [6.45, 7) is 1.26. The van der Waals surface area contributed by atoms with Crippen LogP contribution in [0.4, 0.5) is 22.0 Å². The summed E-state index contributed by atoms with van der Waals surface area (Å²) in [5.74, 6) is 2.29. The number of para-hydroxylation sites is 1. The Hall–Kier alpha value is -3.68. The van der Waals surface area contributed by atoms with Crippen LogP contribution >= 0.6 is 0 Å². The van der Waals surface area contributed by atoms with Gasteiger partial charge in [-0.3, -0.25) is 0 Å². The minimum Gasteiger partial charge on any atom is -0.490 e. The number of carbonyl (C=O) groups is 1. The van der Waals surface area contributed by atoms with Gasteiger partial charge in [-0.25, -0.2) is 9.78 Å². The smallest absolute Gasteiger partial charge is 0.319 e. The molecule has 0 saturated heterocycles. The second-order valence-corrected chi connectivity index (χ2v) is 9.44. The van der Waals surface area contributed by atoms with Gasteiger partial charge in [0.25, 0.3) is 0 Å². The van der Waals surface area contributed by atoms with E-state index in [1.165, 1.54) is 0 Å². The van der Waals surface area contributed by atoms with Crippen molar-refractivity contribution in [2.45, 2.75) is 44.2 Å². The normalized spacial score (nSPS) is 19.5. The number of benzene rings is 2. The molecular weight excluding hydrogens is 442 g/mol. The minimum atomic E-state index is -0.192. The van der Waals surface area contributed by atoms with E-state index in [0.29, 0.717) is 30.7 Å². The van der Waals surface area contributed by atoms with Crippen LogP contribution in [-0.4, -0.2) is 50.4 Å². The van der Waals surface area contributed by atoms with Crippen LogP contribution in [0.3, 0.4) is 0 Å². The van der Waals surface area contributed by atoms with Crippen LogP contribution < -0.4 is 30.3 Å². The average Bonchev–Trinajstić information content (AvgIpc) is 3.10. The molecule has 3 aromatic rings. The monoisotopic (exact) mass is 475 g/mol. The number of aromatic nitrogens is 1. The van der Waals surface area contributed by atoms with Gasteiger partial charge in [0.1, 0.15) is 5.82 Å². The van der Waals surface area contributed by atoms with Gasteiger partial charge in [0.05, 0.1) is 18.7 Å². The van der Waals surface area contributed by atoms with Crippen molar-refractivity contribution in [2.75, 3.05) is 42.8 Å². The third-order valence-corrected chi connectivity index (χ3v) is 6.60. The Morgan fingerprint density at radius 3 is 2.49 bits per heavy atom. The van der Waals surface area contributed by atoms with E-state index < -0.39 is 0 Å². The lowest BCUT2D eigenvalue weighted by Gasteiger charge is -2.30. The zero-order valence-corrected chi connectivity index (χ0v) is 20.3. The zero-order chi connectivity index (χ0) is 24.2. The number of anilines is 3. The third kappa shape index (κ3) is 5.53. The number of carbonyl (C=O) groups excluding carboxylic acids is 1. The molecule has 1 saturated carbocycles. The molecule has 184 valence electrons. The first-order valence-electron chi connectivity index (χ1n) is 12.4. The number of urea groups is 1. The Morgan fingerprint density at radius 1 is 0.943 bits per heavy atom. The number of hydrogen-bond donors (Lipinski definition) is 3. The van der Waals surface area contributed by atoms with E-state index >= 15 is 0 Å². The van der Waals surface area contributed by atoms with Crippen molar-refractivity contribution in [2.24, 2.45) is 0 Å². The predicted octanol–water partition coefficient (Wildman–Crippen LogP) is 5.01. The molecule has 0 spiro atoms. The Bertz CT molecular complexity index is 1190. The van der Waals surface area contributed by atoms with Crippen LogP contribution in [0, 0.1) is 0 Å². The molecule has 8 nitrogen and oxygen atoms in total. The van der Waals surface area contributed by atoms with E-state index in [4.69, 9.17) is 14.5 Å². The van der Waals surface area contributed by atoms with Crippen LogP contribution in [0.25, 0.3) is 10.9 Å². The second kappa shape index (κ2) is 10.3. The van der Waals surface area contributed by atoms with E-state index in [1.807, 2.05) is 30.3 Å². The highest BCUT2D eigenvalue weighted by atomic mass is 16.5. The summed E-state index contributed by atoms with van der Waals surface area (Å²) >= 11 is 0. The molecule has 1 fully saturated rings. The van der Waals surface area contributed by atoms with Gasteiger partial charge in [0.15, 0.2) is 11.5 Å². The van der Waals surface area contributed by atoms with Gasteiger partial charge in [-0.05, 0) is 43.9 Å². The second-order valence-electron chi connectivity index (χ2n) is 9.44. The number of rotatable bonds is 5. The summed E-state index contributed by atoms with van der Waals surface area (Å²) in [7, 11) is 4.11. The molecule has 3 N–H and O–H groups in total. The summed E-state index contributed by atoms with van der Waals surface area (Å²) in [4.78, 5) is 19.5. The molecule has 2 heterocycles. The molecule has 1 aromatic heterocycles. The number of nitrogens with zero attached hydrogens (tertiary/aromatic N) is 2. The molecule has 0 unspecified atom stereocenters. The molecule has 0 atom stereocenters. The number of fused-ring (bicyclic) bond motifs is 2. The summed E-state index contributed by atoms with van der Waals surface area (Å²) < 4.78 is 11.4. The highest BCUT2D eigenvalue weighted by Gasteiger charge is 2.23. The standard InChI is InChI=1S/C27H33N5O3/c1-32(2)23-17-26(31-22-7-4-3-6-21(22)23)28-18-8-10-19(11-9-18)29-27(33)30-20-12-13-24-25(16-20)35-15-5-14-34-24/h3-4,6-7,12-13,16-19H,5,8-11,14-15H2,1-2H3,(H,28,31)(H2,29,30,33)/t18-,19+. The van der Waals surface area contributed by atoms with E-state index in [0.717, 1.165) is 60.3 Å². The summed E-state index contributed by atoms with van der Waals surface area (Å²) in [5.41, 5.74) is 2.84. The van der Waals surface area contributed by atoms with Gasteiger partial charge < -0.3 is 30.3 Å². The molecule has 8 heteroatoms. The number of nitrogens with one attached hydrogen (secondary N) is 3. The molecule has 1 aliphatic carbocycles. The number of hydrogen-bond acceptors (Lipinski definition) is 6. The number of ether oxygens (including phenoxy) is 2. The largest absolute Gasteiger partial charge is 0.490 e. The van der Waals surface area contributed by atoms with Crippen molar-refractivity contribution in [1.82, 2.24) is 10.3 Å². The fraction of sp³-hybridized carbons (Fsp3) is 0.407. The van der Waals surface area contributed by atoms with Crippen molar-refractivity contribution in [1.29, 1.82) is 0 Å². The minimum absolute atomic E-state index is 0.148. The fourth-order valence-corrected chi connectivity index (χ4v) is 4.79. The van der Waals surface area contributed by atoms with Crippen molar-refractivity contribution < 1.29 is 14.3 Å². The molecular formula is C27H33N5O3. The lowest BCUT2D eigenvalue weighted by Crippen LogP contribution is -2.42. The Morgan fingerprint density at radius 2 is 1.69 bits per heavy atom. The van der Waals surface area contributed by atoms with Crippen LogP contribution in [0.15, 0.2) is 48.5 Å². The van der Waals surface area contributed by atoms with E-state index in [2.05, 4.69) is 53.1 Å². The summed E-state index contributed by atoms with van der Waals surface area (Å²) in [5, 5.41) is 10.8. The first-order chi connectivity index (χ1) is 17.0. The van der Waals surface area contributed by atoms with Gasteiger partial charge in [-0.2, -0.15) is 0 Å². The van der Waals surface area contributed by atoms with Crippen LogP contribution in [0.1, 0.15) is 32.1 Å². The zero-order valence-electron chi connectivity index (χ0n) is 20.3. The number of amides is 2.